The molecule has 0 aliphatic carbocycles. The lowest BCUT2D eigenvalue weighted by Gasteiger charge is -2.17. The van der Waals surface area contributed by atoms with Crippen LogP contribution in [0.5, 0.6) is 0 Å². The first-order valence-electron chi connectivity index (χ1n) is 4.21. The zero-order chi connectivity index (χ0) is 10.6. The van der Waals surface area contributed by atoms with Gasteiger partial charge in [-0.1, -0.05) is 6.07 Å². The summed E-state index contributed by atoms with van der Waals surface area (Å²) in [5.41, 5.74) is 0. The van der Waals surface area contributed by atoms with E-state index in [-0.39, 0.29) is 6.54 Å². The Morgan fingerprint density at radius 2 is 2.43 bits per heavy atom. The quantitative estimate of drug-likeness (QED) is 0.762. The fraction of sp³-hybridized carbons (Fsp3) is 0.444. The van der Waals surface area contributed by atoms with E-state index in [4.69, 9.17) is 5.11 Å². The summed E-state index contributed by atoms with van der Waals surface area (Å²) < 4.78 is 0. The first-order valence-corrected chi connectivity index (χ1v) is 5.09. The van der Waals surface area contributed by atoms with Gasteiger partial charge in [-0.25, -0.2) is 0 Å². The predicted molar refractivity (Wildman–Crippen MR) is 54.4 cm³/mol. The van der Waals surface area contributed by atoms with Crippen LogP contribution in [-0.2, 0) is 4.79 Å². The molecular weight excluding hydrogens is 202 g/mol. The smallest absolute Gasteiger partial charge is 0.317 e. The fourth-order valence-corrected chi connectivity index (χ4v) is 1.86. The second-order valence-corrected chi connectivity index (χ2v) is 4.10. The molecule has 4 nitrogen and oxygen atoms in total. The molecule has 1 heterocycles. The lowest BCUT2D eigenvalue weighted by atomic mass is 10.3. The lowest BCUT2D eigenvalue weighted by molar-refractivity contribution is -0.138. The number of carboxylic acid groups (broad SMARTS) is 1. The lowest BCUT2D eigenvalue weighted by Crippen LogP contribution is -2.29. The first-order chi connectivity index (χ1) is 6.59. The number of carbonyl (C=O) groups is 1. The number of hydrogen-bond donors (Lipinski definition) is 2. The highest BCUT2D eigenvalue weighted by atomic mass is 32.1. The van der Waals surface area contributed by atoms with Crippen LogP contribution in [0.4, 0.5) is 0 Å². The maximum absolute atomic E-state index is 10.4. The van der Waals surface area contributed by atoms with Gasteiger partial charge in [0.1, 0.15) is 6.10 Å². The molecule has 1 rings (SSSR count). The Balaban J connectivity index is 2.41. The van der Waals surface area contributed by atoms with Crippen molar-refractivity contribution in [1.29, 1.82) is 0 Å². The topological polar surface area (TPSA) is 60.8 Å². The second-order valence-electron chi connectivity index (χ2n) is 3.12. The van der Waals surface area contributed by atoms with Gasteiger partial charge >= 0.3 is 5.97 Å². The molecule has 0 spiro atoms. The molecule has 78 valence electrons. The van der Waals surface area contributed by atoms with Crippen molar-refractivity contribution >= 4 is 17.3 Å². The Bertz CT molecular complexity index is 286. The zero-order valence-electron chi connectivity index (χ0n) is 7.88. The van der Waals surface area contributed by atoms with Crippen LogP contribution in [0.2, 0.25) is 0 Å². The SMILES string of the molecule is CN(CC(=O)O)CC(O)c1cccs1. The second kappa shape index (κ2) is 5.09. The molecule has 0 radical (unpaired) electrons. The molecule has 0 aliphatic rings. The van der Waals surface area contributed by atoms with E-state index in [0.717, 1.165) is 4.88 Å². The summed E-state index contributed by atoms with van der Waals surface area (Å²) in [6.07, 6.45) is -0.598. The van der Waals surface area contributed by atoms with Crippen molar-refractivity contribution in [2.24, 2.45) is 0 Å². The molecule has 0 aromatic carbocycles. The highest BCUT2D eigenvalue weighted by molar-refractivity contribution is 7.10. The fourth-order valence-electron chi connectivity index (χ4n) is 1.16. The van der Waals surface area contributed by atoms with Gasteiger partial charge in [0.15, 0.2) is 0 Å². The van der Waals surface area contributed by atoms with Crippen LogP contribution in [0, 0.1) is 0 Å². The highest BCUT2D eigenvalue weighted by Crippen LogP contribution is 2.18. The van der Waals surface area contributed by atoms with E-state index in [1.54, 1.807) is 11.9 Å². The summed E-state index contributed by atoms with van der Waals surface area (Å²) in [7, 11) is 1.67. The molecule has 5 heteroatoms. The van der Waals surface area contributed by atoms with Gasteiger partial charge < -0.3 is 10.2 Å². The molecule has 1 aromatic rings. The summed E-state index contributed by atoms with van der Waals surface area (Å²) in [5, 5.41) is 20.1. The Kier molecular flexibility index (Phi) is 4.06. The predicted octanol–water partition coefficient (Wildman–Crippen LogP) is 0.798. The monoisotopic (exact) mass is 215 g/mol. The molecule has 0 aliphatic heterocycles. The molecule has 14 heavy (non-hydrogen) atoms. The minimum Gasteiger partial charge on any atom is -0.480 e. The van der Waals surface area contributed by atoms with E-state index in [0.29, 0.717) is 6.54 Å². The van der Waals surface area contributed by atoms with Gasteiger partial charge in [0.2, 0.25) is 0 Å². The van der Waals surface area contributed by atoms with Crippen molar-refractivity contribution in [3.63, 3.8) is 0 Å². The van der Waals surface area contributed by atoms with Crippen LogP contribution in [0.3, 0.4) is 0 Å². The first kappa shape index (κ1) is 11.2. The summed E-state index contributed by atoms with van der Waals surface area (Å²) in [6, 6.07) is 3.70. The van der Waals surface area contributed by atoms with Gasteiger partial charge in [-0.2, -0.15) is 0 Å². The van der Waals surface area contributed by atoms with Crippen LogP contribution in [0.25, 0.3) is 0 Å². The van der Waals surface area contributed by atoms with Crippen LogP contribution in [0.15, 0.2) is 17.5 Å². The van der Waals surface area contributed by atoms with E-state index < -0.39 is 12.1 Å². The van der Waals surface area contributed by atoms with Crippen LogP contribution < -0.4 is 0 Å². The van der Waals surface area contributed by atoms with Crippen LogP contribution in [-0.4, -0.2) is 41.2 Å². The summed E-state index contributed by atoms with van der Waals surface area (Å²) in [5.74, 6) is -0.883. The van der Waals surface area contributed by atoms with E-state index in [9.17, 15) is 9.90 Å². The third-order valence-corrected chi connectivity index (χ3v) is 2.73. The number of aliphatic hydroxyl groups is 1. The third kappa shape index (κ3) is 3.45. The molecule has 1 aromatic heterocycles. The van der Waals surface area contributed by atoms with Gasteiger partial charge in [0, 0.05) is 11.4 Å². The maximum Gasteiger partial charge on any atom is 0.317 e. The zero-order valence-corrected chi connectivity index (χ0v) is 8.70. The number of carboxylic acids is 1. The third-order valence-electron chi connectivity index (χ3n) is 1.76. The standard InChI is InChI=1S/C9H13NO3S/c1-10(6-9(12)13)5-7(11)8-3-2-4-14-8/h2-4,7,11H,5-6H2,1H3,(H,12,13). The van der Waals surface area contributed by atoms with E-state index >= 15 is 0 Å². The molecule has 2 N–H and O–H groups in total. The number of aliphatic hydroxyl groups excluding tert-OH is 1. The number of hydrogen-bond acceptors (Lipinski definition) is 4. The van der Waals surface area contributed by atoms with Gasteiger partial charge in [-0.05, 0) is 18.5 Å². The number of aliphatic carboxylic acids is 1. The summed E-state index contributed by atoms with van der Waals surface area (Å²) in [4.78, 5) is 12.8. The minimum atomic E-state index is -0.883. The van der Waals surface area contributed by atoms with Gasteiger partial charge in [0.25, 0.3) is 0 Å². The summed E-state index contributed by atoms with van der Waals surface area (Å²) >= 11 is 1.47. The van der Waals surface area contributed by atoms with Crippen molar-refractivity contribution < 1.29 is 15.0 Å². The Morgan fingerprint density at radius 1 is 1.71 bits per heavy atom. The highest BCUT2D eigenvalue weighted by Gasteiger charge is 2.12. The molecular formula is C9H13NO3S. The molecule has 0 fully saturated rings. The molecule has 1 atom stereocenters. The van der Waals surface area contributed by atoms with Gasteiger partial charge in [-0.3, -0.25) is 9.69 Å². The number of nitrogens with zero attached hydrogens (tertiary/aromatic N) is 1. The van der Waals surface area contributed by atoms with Crippen molar-refractivity contribution in [1.82, 2.24) is 4.90 Å². The Labute approximate surface area is 86.4 Å². The molecule has 0 saturated carbocycles. The van der Waals surface area contributed by atoms with Crippen LogP contribution >= 0.6 is 11.3 Å². The van der Waals surface area contributed by atoms with Gasteiger partial charge in [0.05, 0.1) is 6.54 Å². The maximum atomic E-state index is 10.4. The van der Waals surface area contributed by atoms with Crippen molar-refractivity contribution in [3.8, 4) is 0 Å². The molecule has 0 bridgehead atoms. The van der Waals surface area contributed by atoms with Crippen molar-refractivity contribution in [2.75, 3.05) is 20.1 Å². The van der Waals surface area contributed by atoms with Gasteiger partial charge in [-0.15, -0.1) is 11.3 Å². The van der Waals surface area contributed by atoms with E-state index in [1.165, 1.54) is 11.3 Å². The number of thiophene rings is 1. The van der Waals surface area contributed by atoms with Crippen molar-refractivity contribution in [2.45, 2.75) is 6.10 Å². The average molecular weight is 215 g/mol. The largest absolute Gasteiger partial charge is 0.480 e. The van der Waals surface area contributed by atoms with Crippen molar-refractivity contribution in [3.05, 3.63) is 22.4 Å². The number of likely N-dealkylation sites (N-methyl/N-ethyl adjacent to an activating group) is 1. The Hall–Kier alpha value is -0.910. The molecule has 0 amide bonds. The number of rotatable bonds is 5. The Morgan fingerprint density at radius 3 is 2.93 bits per heavy atom. The molecule has 0 saturated heterocycles. The van der Waals surface area contributed by atoms with E-state index in [1.807, 2.05) is 17.5 Å². The summed E-state index contributed by atoms with van der Waals surface area (Å²) in [6.45, 7) is 0.287. The van der Waals surface area contributed by atoms with E-state index in [2.05, 4.69) is 0 Å². The average Bonchev–Trinajstić information content (AvgIpc) is 2.53. The molecule has 1 unspecified atom stereocenters. The normalized spacial score (nSPS) is 13.1. The minimum absolute atomic E-state index is 0.0531. The van der Waals surface area contributed by atoms with Crippen LogP contribution in [0.1, 0.15) is 11.0 Å².